The summed E-state index contributed by atoms with van der Waals surface area (Å²) in [7, 11) is 3.77. The van der Waals surface area contributed by atoms with E-state index >= 15 is 0 Å². The second kappa shape index (κ2) is 3.98. The largest absolute Gasteiger partial charge is 0.342 e. The van der Waals surface area contributed by atoms with Crippen LogP contribution in [-0.2, 0) is 4.79 Å². The fraction of sp³-hybridized carbons (Fsp3) is 0.778. The molecule has 3 amide bonds. The highest BCUT2D eigenvalue weighted by atomic mass is 35.5. The van der Waals surface area contributed by atoms with Gasteiger partial charge in [0.25, 0.3) is 5.91 Å². The molecule has 1 rings (SSSR count). The van der Waals surface area contributed by atoms with Crippen molar-refractivity contribution in [2.75, 3.05) is 27.2 Å². The molecule has 0 N–H and O–H groups in total. The van der Waals surface area contributed by atoms with Crippen LogP contribution < -0.4 is 0 Å². The quantitative estimate of drug-likeness (QED) is 0.534. The van der Waals surface area contributed by atoms with Gasteiger partial charge in [-0.15, -0.1) is 0 Å². The van der Waals surface area contributed by atoms with Crippen LogP contribution in [0.1, 0.15) is 13.8 Å². The Bertz CT molecular complexity index is 291. The number of halogens is 1. The standard InChI is InChI=1S/C9H16ClN3O2/c1-9(2)7(14)12(6-5-11(3)4)8(15)13(9)10/h5-6H2,1-4H3. The van der Waals surface area contributed by atoms with Crippen LogP contribution in [0.15, 0.2) is 0 Å². The summed E-state index contributed by atoms with van der Waals surface area (Å²) in [6, 6.07) is -0.437. The molecule has 0 aromatic heterocycles. The first-order valence-electron chi connectivity index (χ1n) is 4.75. The van der Waals surface area contributed by atoms with E-state index in [1.54, 1.807) is 13.8 Å². The van der Waals surface area contributed by atoms with Crippen molar-refractivity contribution in [1.82, 2.24) is 14.2 Å². The van der Waals surface area contributed by atoms with Gasteiger partial charge in [0.2, 0.25) is 0 Å². The Kier molecular flexibility index (Phi) is 3.25. The summed E-state index contributed by atoms with van der Waals surface area (Å²) in [6.45, 7) is 4.28. The Balaban J connectivity index is 2.75. The third kappa shape index (κ3) is 2.08. The normalized spacial score (nSPS) is 20.7. The van der Waals surface area contributed by atoms with Crippen molar-refractivity contribution in [2.24, 2.45) is 0 Å². The van der Waals surface area contributed by atoms with Gasteiger partial charge in [0.1, 0.15) is 5.54 Å². The van der Waals surface area contributed by atoms with Gasteiger partial charge in [0.05, 0.1) is 0 Å². The minimum Gasteiger partial charge on any atom is -0.308 e. The fourth-order valence-corrected chi connectivity index (χ4v) is 1.51. The van der Waals surface area contributed by atoms with Gasteiger partial charge < -0.3 is 4.90 Å². The van der Waals surface area contributed by atoms with Gasteiger partial charge in [0, 0.05) is 24.9 Å². The number of urea groups is 1. The average molecular weight is 234 g/mol. The van der Waals surface area contributed by atoms with Gasteiger partial charge in [0.15, 0.2) is 0 Å². The molecule has 0 unspecified atom stereocenters. The zero-order valence-electron chi connectivity index (χ0n) is 9.45. The van der Waals surface area contributed by atoms with Crippen molar-refractivity contribution in [3.8, 4) is 0 Å². The van der Waals surface area contributed by atoms with E-state index in [2.05, 4.69) is 0 Å². The van der Waals surface area contributed by atoms with Crippen LogP contribution in [0.25, 0.3) is 0 Å². The van der Waals surface area contributed by atoms with Crippen LogP contribution in [0.4, 0.5) is 4.79 Å². The Morgan fingerprint density at radius 3 is 2.20 bits per heavy atom. The summed E-state index contributed by atoms with van der Waals surface area (Å²) in [4.78, 5) is 26.5. The lowest BCUT2D eigenvalue weighted by Crippen LogP contribution is -2.40. The predicted molar refractivity (Wildman–Crippen MR) is 57.4 cm³/mol. The van der Waals surface area contributed by atoms with Crippen molar-refractivity contribution < 1.29 is 9.59 Å². The molecule has 0 radical (unpaired) electrons. The van der Waals surface area contributed by atoms with Crippen molar-refractivity contribution in [3.05, 3.63) is 0 Å². The van der Waals surface area contributed by atoms with E-state index in [0.29, 0.717) is 13.1 Å². The second-order valence-electron chi connectivity index (χ2n) is 4.38. The maximum absolute atomic E-state index is 11.8. The predicted octanol–water partition coefficient (Wildman–Crippen LogP) is 0.745. The summed E-state index contributed by atoms with van der Waals surface area (Å²) < 4.78 is 0.963. The van der Waals surface area contributed by atoms with Gasteiger partial charge >= 0.3 is 6.03 Å². The molecule has 1 saturated heterocycles. The van der Waals surface area contributed by atoms with Crippen molar-refractivity contribution in [2.45, 2.75) is 19.4 Å². The molecule has 86 valence electrons. The Labute approximate surface area is 94.7 Å². The van der Waals surface area contributed by atoms with E-state index in [-0.39, 0.29) is 5.91 Å². The topological polar surface area (TPSA) is 43.9 Å². The Morgan fingerprint density at radius 2 is 1.87 bits per heavy atom. The monoisotopic (exact) mass is 233 g/mol. The molecule has 0 aliphatic carbocycles. The minimum absolute atomic E-state index is 0.246. The smallest absolute Gasteiger partial charge is 0.308 e. The molecule has 0 bridgehead atoms. The Hall–Kier alpha value is -0.810. The van der Waals surface area contributed by atoms with Crippen molar-refractivity contribution in [1.29, 1.82) is 0 Å². The molecule has 1 heterocycles. The van der Waals surface area contributed by atoms with E-state index in [9.17, 15) is 9.59 Å². The van der Waals surface area contributed by atoms with Crippen LogP contribution in [0, 0.1) is 0 Å². The molecule has 15 heavy (non-hydrogen) atoms. The third-order valence-electron chi connectivity index (χ3n) is 2.43. The average Bonchev–Trinajstić information content (AvgIpc) is 2.27. The maximum atomic E-state index is 11.8. The summed E-state index contributed by atoms with van der Waals surface area (Å²) >= 11 is 5.77. The highest BCUT2D eigenvalue weighted by Crippen LogP contribution is 2.28. The van der Waals surface area contributed by atoms with Crippen LogP contribution >= 0.6 is 11.8 Å². The maximum Gasteiger partial charge on any atom is 0.342 e. The first-order valence-corrected chi connectivity index (χ1v) is 5.09. The number of nitrogens with zero attached hydrogens (tertiary/aromatic N) is 3. The molecule has 5 nitrogen and oxygen atoms in total. The van der Waals surface area contributed by atoms with Crippen molar-refractivity contribution >= 4 is 23.7 Å². The minimum atomic E-state index is -0.940. The molecule has 0 saturated carbocycles. The molecule has 6 heteroatoms. The van der Waals surface area contributed by atoms with E-state index in [1.807, 2.05) is 19.0 Å². The van der Waals surface area contributed by atoms with E-state index in [4.69, 9.17) is 11.8 Å². The summed E-state index contributed by atoms with van der Waals surface area (Å²) in [5.41, 5.74) is -0.940. The van der Waals surface area contributed by atoms with Gasteiger partial charge in [-0.25, -0.2) is 9.21 Å². The number of likely N-dealkylation sites (N-methyl/N-ethyl adjacent to an activating group) is 1. The summed E-state index contributed by atoms with van der Waals surface area (Å²) in [5.74, 6) is -0.246. The number of hydrogen-bond donors (Lipinski definition) is 0. The highest BCUT2D eigenvalue weighted by molar-refractivity contribution is 6.27. The molecule has 1 aliphatic rings. The van der Waals surface area contributed by atoms with E-state index < -0.39 is 11.6 Å². The number of carbonyl (C=O) groups is 2. The number of carbonyl (C=O) groups excluding carboxylic acids is 2. The lowest BCUT2D eigenvalue weighted by molar-refractivity contribution is -0.131. The van der Waals surface area contributed by atoms with Gasteiger partial charge in [-0.2, -0.15) is 0 Å². The fourth-order valence-electron chi connectivity index (χ4n) is 1.34. The molecule has 0 atom stereocenters. The number of rotatable bonds is 3. The molecule has 0 spiro atoms. The van der Waals surface area contributed by atoms with Crippen LogP contribution in [0.2, 0.25) is 0 Å². The van der Waals surface area contributed by atoms with Crippen LogP contribution in [0.3, 0.4) is 0 Å². The number of imide groups is 1. The zero-order valence-corrected chi connectivity index (χ0v) is 10.2. The highest BCUT2D eigenvalue weighted by Gasteiger charge is 2.50. The third-order valence-corrected chi connectivity index (χ3v) is 3.00. The molecular formula is C9H16ClN3O2. The molecule has 1 aliphatic heterocycles. The molecule has 0 aromatic carbocycles. The van der Waals surface area contributed by atoms with Gasteiger partial charge in [-0.1, -0.05) is 0 Å². The van der Waals surface area contributed by atoms with E-state index in [1.165, 1.54) is 4.90 Å². The SMILES string of the molecule is CN(C)CCN1C(=O)N(Cl)C(C)(C)C1=O. The summed E-state index contributed by atoms with van der Waals surface area (Å²) in [6.07, 6.45) is 0. The molecule has 0 aromatic rings. The van der Waals surface area contributed by atoms with E-state index in [0.717, 1.165) is 4.42 Å². The zero-order chi connectivity index (χ0) is 11.8. The van der Waals surface area contributed by atoms with Crippen molar-refractivity contribution in [3.63, 3.8) is 0 Å². The Morgan fingerprint density at radius 1 is 1.33 bits per heavy atom. The second-order valence-corrected chi connectivity index (χ2v) is 4.72. The number of amides is 3. The molecular weight excluding hydrogens is 218 g/mol. The van der Waals surface area contributed by atoms with Crippen LogP contribution in [0.5, 0.6) is 0 Å². The first-order chi connectivity index (χ1) is 6.78. The first kappa shape index (κ1) is 12.3. The lowest BCUT2D eigenvalue weighted by atomic mass is 10.1. The molecule has 1 fully saturated rings. The van der Waals surface area contributed by atoms with Gasteiger partial charge in [-0.3, -0.25) is 9.69 Å². The van der Waals surface area contributed by atoms with Crippen LogP contribution in [-0.4, -0.2) is 58.9 Å². The number of hydrogen-bond acceptors (Lipinski definition) is 3. The summed E-state index contributed by atoms with van der Waals surface area (Å²) in [5, 5.41) is 0. The van der Waals surface area contributed by atoms with Gasteiger partial charge in [-0.05, 0) is 27.9 Å². The lowest BCUT2D eigenvalue weighted by Gasteiger charge is -2.19.